The number of hydrogen-bond donors (Lipinski definition) is 1. The van der Waals surface area contributed by atoms with Gasteiger partial charge in [0, 0.05) is 36.8 Å². The summed E-state index contributed by atoms with van der Waals surface area (Å²) in [6.45, 7) is 1.78. The Balaban J connectivity index is 2.83. The van der Waals surface area contributed by atoms with Gasteiger partial charge in [-0.2, -0.15) is 0 Å². The van der Waals surface area contributed by atoms with E-state index in [1.807, 2.05) is 6.07 Å². The van der Waals surface area contributed by atoms with E-state index in [1.165, 1.54) is 0 Å². The first-order valence-corrected chi connectivity index (χ1v) is 6.29. The Bertz CT molecular complexity index is 371. The van der Waals surface area contributed by atoms with Gasteiger partial charge >= 0.3 is 0 Å². The van der Waals surface area contributed by atoms with Gasteiger partial charge in [0.15, 0.2) is 11.5 Å². The fourth-order valence-corrected chi connectivity index (χ4v) is 1.89. The Morgan fingerprint density at radius 3 is 2.61 bits per heavy atom. The Morgan fingerprint density at radius 2 is 2.00 bits per heavy atom. The number of nitrogens with two attached hydrogens (primary N) is 1. The molecular formula is C13H20ClNO3. The van der Waals surface area contributed by atoms with Crippen LogP contribution in [0.2, 0.25) is 5.02 Å². The molecule has 0 aliphatic carbocycles. The summed E-state index contributed by atoms with van der Waals surface area (Å²) in [5.74, 6) is 1.37. The van der Waals surface area contributed by atoms with Crippen molar-refractivity contribution in [2.45, 2.75) is 12.8 Å². The molecule has 1 aromatic carbocycles. The summed E-state index contributed by atoms with van der Waals surface area (Å²) in [5, 5.41) is 0.625. The van der Waals surface area contributed by atoms with Gasteiger partial charge in [-0.05, 0) is 19.0 Å². The van der Waals surface area contributed by atoms with Crippen LogP contribution in [0.5, 0.6) is 11.5 Å². The van der Waals surface area contributed by atoms with Gasteiger partial charge in [-0.3, -0.25) is 0 Å². The largest absolute Gasteiger partial charge is 0.493 e. The van der Waals surface area contributed by atoms with Gasteiger partial charge in [0.2, 0.25) is 0 Å². The second kappa shape index (κ2) is 8.19. The van der Waals surface area contributed by atoms with Crippen molar-refractivity contribution in [2.24, 2.45) is 5.73 Å². The van der Waals surface area contributed by atoms with E-state index >= 15 is 0 Å². The van der Waals surface area contributed by atoms with Crippen LogP contribution in [0.25, 0.3) is 0 Å². The average Bonchev–Trinajstić information content (AvgIpc) is 2.36. The smallest absolute Gasteiger partial charge is 0.164 e. The van der Waals surface area contributed by atoms with Crippen molar-refractivity contribution in [2.75, 3.05) is 34.0 Å². The highest BCUT2D eigenvalue weighted by Gasteiger charge is 2.12. The number of ether oxygens (including phenoxy) is 3. The molecule has 0 unspecified atom stereocenters. The standard InChI is InChI=1S/C13H20ClNO3/c1-16-6-3-7-18-13-10(4-5-15)8-11(14)9-12(13)17-2/h8-9H,3-7,15H2,1-2H3. The molecule has 0 heterocycles. The van der Waals surface area contributed by atoms with Crippen molar-refractivity contribution in [3.8, 4) is 11.5 Å². The molecule has 0 amide bonds. The molecule has 102 valence electrons. The van der Waals surface area contributed by atoms with Gasteiger partial charge in [-0.25, -0.2) is 0 Å². The van der Waals surface area contributed by atoms with Gasteiger partial charge in [0.05, 0.1) is 13.7 Å². The number of methoxy groups -OCH3 is 2. The summed E-state index contributed by atoms with van der Waals surface area (Å²) in [5.41, 5.74) is 6.56. The molecule has 0 atom stereocenters. The molecule has 1 rings (SSSR count). The number of benzene rings is 1. The van der Waals surface area contributed by atoms with Gasteiger partial charge < -0.3 is 19.9 Å². The Morgan fingerprint density at radius 1 is 1.22 bits per heavy atom. The van der Waals surface area contributed by atoms with Crippen molar-refractivity contribution in [3.63, 3.8) is 0 Å². The average molecular weight is 274 g/mol. The SMILES string of the molecule is COCCCOc1c(CCN)cc(Cl)cc1OC. The predicted octanol–water partition coefficient (Wildman–Crippen LogP) is 2.27. The van der Waals surface area contributed by atoms with Crippen molar-refractivity contribution in [1.82, 2.24) is 0 Å². The summed E-state index contributed by atoms with van der Waals surface area (Å²) >= 11 is 6.02. The van der Waals surface area contributed by atoms with Crippen LogP contribution < -0.4 is 15.2 Å². The van der Waals surface area contributed by atoms with E-state index in [2.05, 4.69) is 0 Å². The third kappa shape index (κ3) is 4.37. The normalized spacial score (nSPS) is 10.4. The summed E-state index contributed by atoms with van der Waals surface area (Å²) in [4.78, 5) is 0. The van der Waals surface area contributed by atoms with Gasteiger partial charge in [-0.1, -0.05) is 11.6 Å². The second-order valence-electron chi connectivity index (χ2n) is 3.83. The minimum atomic E-state index is 0.540. The summed E-state index contributed by atoms with van der Waals surface area (Å²) in [6.07, 6.45) is 1.53. The van der Waals surface area contributed by atoms with Crippen molar-refractivity contribution in [1.29, 1.82) is 0 Å². The first kappa shape index (κ1) is 15.1. The highest BCUT2D eigenvalue weighted by atomic mass is 35.5. The van der Waals surface area contributed by atoms with Gasteiger partial charge in [0.25, 0.3) is 0 Å². The zero-order valence-electron chi connectivity index (χ0n) is 10.9. The van der Waals surface area contributed by atoms with Crippen molar-refractivity contribution < 1.29 is 14.2 Å². The fraction of sp³-hybridized carbons (Fsp3) is 0.538. The lowest BCUT2D eigenvalue weighted by Gasteiger charge is -2.15. The molecule has 0 saturated heterocycles. The van der Waals surface area contributed by atoms with Crippen molar-refractivity contribution >= 4 is 11.6 Å². The Hall–Kier alpha value is -0.970. The van der Waals surface area contributed by atoms with E-state index in [0.29, 0.717) is 37.0 Å². The third-order valence-electron chi connectivity index (χ3n) is 2.47. The molecule has 5 heteroatoms. The van der Waals surface area contributed by atoms with Gasteiger partial charge in [0.1, 0.15) is 0 Å². The molecule has 0 saturated carbocycles. The van der Waals surface area contributed by atoms with E-state index in [-0.39, 0.29) is 0 Å². The highest BCUT2D eigenvalue weighted by molar-refractivity contribution is 6.30. The van der Waals surface area contributed by atoms with Crippen LogP contribution in [-0.4, -0.2) is 34.0 Å². The van der Waals surface area contributed by atoms with Crippen LogP contribution in [0.15, 0.2) is 12.1 Å². The summed E-state index contributed by atoms with van der Waals surface area (Å²) in [6, 6.07) is 3.61. The quantitative estimate of drug-likeness (QED) is 0.738. The zero-order chi connectivity index (χ0) is 13.4. The molecule has 2 N–H and O–H groups in total. The highest BCUT2D eigenvalue weighted by Crippen LogP contribution is 2.35. The minimum Gasteiger partial charge on any atom is -0.493 e. The van der Waals surface area contributed by atoms with Crippen LogP contribution >= 0.6 is 11.6 Å². The lowest BCUT2D eigenvalue weighted by molar-refractivity contribution is 0.170. The summed E-state index contributed by atoms with van der Waals surface area (Å²) in [7, 11) is 3.27. The molecule has 0 fully saturated rings. The topological polar surface area (TPSA) is 53.7 Å². The first-order valence-electron chi connectivity index (χ1n) is 5.91. The van der Waals surface area contributed by atoms with Crippen molar-refractivity contribution in [3.05, 3.63) is 22.7 Å². The lowest BCUT2D eigenvalue weighted by Crippen LogP contribution is -2.08. The second-order valence-corrected chi connectivity index (χ2v) is 4.27. The zero-order valence-corrected chi connectivity index (χ0v) is 11.6. The maximum absolute atomic E-state index is 6.02. The van der Waals surface area contributed by atoms with Crippen LogP contribution in [0.1, 0.15) is 12.0 Å². The Labute approximate surface area is 113 Å². The molecule has 0 aromatic heterocycles. The molecule has 0 aliphatic rings. The molecule has 0 radical (unpaired) electrons. The fourth-order valence-electron chi connectivity index (χ4n) is 1.66. The molecule has 0 bridgehead atoms. The monoisotopic (exact) mass is 273 g/mol. The summed E-state index contributed by atoms with van der Waals surface area (Å²) < 4.78 is 16.0. The number of hydrogen-bond acceptors (Lipinski definition) is 4. The molecule has 18 heavy (non-hydrogen) atoms. The number of halogens is 1. The van der Waals surface area contributed by atoms with E-state index in [4.69, 9.17) is 31.5 Å². The first-order chi connectivity index (χ1) is 8.72. The van der Waals surface area contributed by atoms with Crippen LogP contribution in [0, 0.1) is 0 Å². The third-order valence-corrected chi connectivity index (χ3v) is 2.69. The molecule has 1 aromatic rings. The minimum absolute atomic E-state index is 0.540. The molecule has 0 aliphatic heterocycles. The van der Waals surface area contributed by atoms with E-state index in [0.717, 1.165) is 17.7 Å². The predicted molar refractivity (Wildman–Crippen MR) is 72.8 cm³/mol. The maximum atomic E-state index is 6.02. The lowest BCUT2D eigenvalue weighted by atomic mass is 10.1. The molecular weight excluding hydrogens is 254 g/mol. The number of rotatable bonds is 8. The Kier molecular flexibility index (Phi) is 6.86. The van der Waals surface area contributed by atoms with Crippen LogP contribution in [0.3, 0.4) is 0 Å². The van der Waals surface area contributed by atoms with Gasteiger partial charge in [-0.15, -0.1) is 0 Å². The van der Waals surface area contributed by atoms with E-state index < -0.39 is 0 Å². The van der Waals surface area contributed by atoms with E-state index in [9.17, 15) is 0 Å². The van der Waals surface area contributed by atoms with Crippen LogP contribution in [0.4, 0.5) is 0 Å². The van der Waals surface area contributed by atoms with E-state index in [1.54, 1.807) is 20.3 Å². The van der Waals surface area contributed by atoms with Crippen LogP contribution in [-0.2, 0) is 11.2 Å². The molecule has 0 spiro atoms. The maximum Gasteiger partial charge on any atom is 0.164 e. The molecule has 4 nitrogen and oxygen atoms in total.